The molecule has 0 fully saturated rings. The third-order valence-electron chi connectivity index (χ3n) is 2.77. The molecule has 2 heterocycles. The average Bonchev–Trinajstić information content (AvgIpc) is 2.70. The molecule has 15 heavy (non-hydrogen) atoms. The van der Waals surface area contributed by atoms with Gasteiger partial charge in [0.15, 0.2) is 0 Å². The van der Waals surface area contributed by atoms with Gasteiger partial charge in [-0.2, -0.15) is 0 Å². The summed E-state index contributed by atoms with van der Waals surface area (Å²) in [6.07, 6.45) is 2.97. The molecular formula is C12H16N2S. The van der Waals surface area contributed by atoms with Crippen LogP contribution in [0.1, 0.15) is 25.8 Å². The Hall–Kier alpha value is -1.09. The van der Waals surface area contributed by atoms with Gasteiger partial charge in [0.05, 0.1) is 9.89 Å². The minimum absolute atomic E-state index is 0.796. The van der Waals surface area contributed by atoms with Gasteiger partial charge in [0.1, 0.15) is 6.67 Å². The minimum atomic E-state index is 0.796. The standard InChI is InChI=1S/C12H16N2S/c1-4-9-7-15-12-10(5-2)14(6-3)8-13-11(9)12/h4,7H,1,5-6,8H2,2-3H3. The molecule has 1 aromatic rings. The van der Waals surface area contributed by atoms with Crippen LogP contribution in [0.5, 0.6) is 0 Å². The molecule has 0 N–H and O–H groups in total. The highest BCUT2D eigenvalue weighted by atomic mass is 32.1. The monoisotopic (exact) mass is 220 g/mol. The maximum absolute atomic E-state index is 4.62. The smallest absolute Gasteiger partial charge is 0.110 e. The Balaban J connectivity index is 2.70. The molecule has 0 saturated carbocycles. The van der Waals surface area contributed by atoms with Crippen LogP contribution in [0.25, 0.3) is 11.8 Å². The van der Waals surface area contributed by atoms with E-state index >= 15 is 0 Å². The van der Waals surface area contributed by atoms with Crippen molar-refractivity contribution in [3.63, 3.8) is 0 Å². The molecule has 0 bridgehead atoms. The number of hydrogen-bond acceptors (Lipinski definition) is 3. The summed E-state index contributed by atoms with van der Waals surface area (Å²) in [7, 11) is 0. The molecule has 0 aromatic carbocycles. The SMILES string of the molecule is C=Cc1csc2c1=NCN(CC)C=2CC. The highest BCUT2D eigenvalue weighted by molar-refractivity contribution is 7.08. The van der Waals surface area contributed by atoms with E-state index in [4.69, 9.17) is 0 Å². The van der Waals surface area contributed by atoms with E-state index in [0.717, 1.165) is 25.0 Å². The van der Waals surface area contributed by atoms with Gasteiger partial charge in [0, 0.05) is 23.2 Å². The third kappa shape index (κ3) is 1.61. The van der Waals surface area contributed by atoms with Gasteiger partial charge in [-0.15, -0.1) is 11.3 Å². The quantitative estimate of drug-likeness (QED) is 0.758. The third-order valence-corrected chi connectivity index (χ3v) is 3.81. The first-order valence-corrected chi connectivity index (χ1v) is 6.22. The average molecular weight is 220 g/mol. The van der Waals surface area contributed by atoms with Crippen LogP contribution in [0.4, 0.5) is 0 Å². The maximum Gasteiger partial charge on any atom is 0.110 e. The van der Waals surface area contributed by atoms with Crippen molar-refractivity contribution in [2.45, 2.75) is 20.3 Å². The van der Waals surface area contributed by atoms with Crippen molar-refractivity contribution >= 4 is 23.1 Å². The Morgan fingerprint density at radius 2 is 2.40 bits per heavy atom. The van der Waals surface area contributed by atoms with Crippen LogP contribution in [0.3, 0.4) is 0 Å². The van der Waals surface area contributed by atoms with Crippen molar-refractivity contribution in [2.75, 3.05) is 13.2 Å². The summed E-state index contributed by atoms with van der Waals surface area (Å²) in [5.74, 6) is 0. The summed E-state index contributed by atoms with van der Waals surface area (Å²) in [6.45, 7) is 10.0. The first-order chi connectivity index (χ1) is 7.31. The molecule has 2 rings (SSSR count). The topological polar surface area (TPSA) is 15.6 Å². The van der Waals surface area contributed by atoms with Crippen molar-refractivity contribution in [1.29, 1.82) is 0 Å². The molecule has 80 valence electrons. The van der Waals surface area contributed by atoms with Gasteiger partial charge in [0.2, 0.25) is 0 Å². The van der Waals surface area contributed by atoms with E-state index in [-0.39, 0.29) is 0 Å². The van der Waals surface area contributed by atoms with Crippen molar-refractivity contribution in [2.24, 2.45) is 4.99 Å². The number of thiophene rings is 1. The van der Waals surface area contributed by atoms with Crippen LogP contribution >= 0.6 is 11.3 Å². The van der Waals surface area contributed by atoms with Gasteiger partial charge >= 0.3 is 0 Å². The van der Waals surface area contributed by atoms with E-state index < -0.39 is 0 Å². The Labute approximate surface area is 94.3 Å². The van der Waals surface area contributed by atoms with Crippen molar-refractivity contribution in [3.05, 3.63) is 27.4 Å². The van der Waals surface area contributed by atoms with Crippen LogP contribution in [0.15, 0.2) is 17.0 Å². The zero-order valence-electron chi connectivity index (χ0n) is 9.29. The lowest BCUT2D eigenvalue weighted by atomic mass is 10.2. The van der Waals surface area contributed by atoms with E-state index in [0.29, 0.717) is 0 Å². The normalized spacial score (nSPS) is 14.8. The highest BCUT2D eigenvalue weighted by Gasteiger charge is 2.13. The van der Waals surface area contributed by atoms with Crippen molar-refractivity contribution < 1.29 is 0 Å². The van der Waals surface area contributed by atoms with Crippen molar-refractivity contribution in [3.8, 4) is 0 Å². The minimum Gasteiger partial charge on any atom is -0.355 e. The number of nitrogens with zero attached hydrogens (tertiary/aromatic N) is 2. The highest BCUT2D eigenvalue weighted by Crippen LogP contribution is 2.12. The van der Waals surface area contributed by atoms with Gasteiger partial charge in [-0.1, -0.05) is 19.6 Å². The predicted molar refractivity (Wildman–Crippen MR) is 66.1 cm³/mol. The molecule has 1 aliphatic rings. The summed E-state index contributed by atoms with van der Waals surface area (Å²) in [5, 5.41) is 3.30. The van der Waals surface area contributed by atoms with Gasteiger partial charge < -0.3 is 4.90 Å². The summed E-state index contributed by atoms with van der Waals surface area (Å²) in [4.78, 5) is 6.96. The van der Waals surface area contributed by atoms with E-state index in [1.54, 1.807) is 11.3 Å². The summed E-state index contributed by atoms with van der Waals surface area (Å²) in [6, 6.07) is 0. The molecule has 0 spiro atoms. The second-order valence-corrected chi connectivity index (χ2v) is 4.41. The second-order valence-electron chi connectivity index (χ2n) is 3.53. The molecule has 0 radical (unpaired) electrons. The van der Waals surface area contributed by atoms with Crippen LogP contribution in [-0.4, -0.2) is 18.1 Å². The van der Waals surface area contributed by atoms with Gasteiger partial charge in [-0.25, -0.2) is 0 Å². The maximum atomic E-state index is 4.62. The van der Waals surface area contributed by atoms with E-state index in [1.165, 1.54) is 15.8 Å². The lowest BCUT2D eigenvalue weighted by Crippen LogP contribution is -2.38. The molecule has 1 aromatic heterocycles. The predicted octanol–water partition coefficient (Wildman–Crippen LogP) is 1.82. The van der Waals surface area contributed by atoms with Crippen LogP contribution in [0.2, 0.25) is 0 Å². The zero-order valence-corrected chi connectivity index (χ0v) is 10.1. The van der Waals surface area contributed by atoms with Crippen LogP contribution in [0, 0.1) is 0 Å². The van der Waals surface area contributed by atoms with Crippen molar-refractivity contribution in [1.82, 2.24) is 4.90 Å². The molecular weight excluding hydrogens is 204 g/mol. The molecule has 0 amide bonds. The lowest BCUT2D eigenvalue weighted by Gasteiger charge is -2.25. The number of rotatable bonds is 3. The number of hydrogen-bond donors (Lipinski definition) is 0. The Bertz CT molecular complexity index is 484. The Morgan fingerprint density at radius 1 is 1.60 bits per heavy atom. The van der Waals surface area contributed by atoms with Gasteiger partial charge in [-0.3, -0.25) is 4.99 Å². The molecule has 0 unspecified atom stereocenters. The first kappa shape index (κ1) is 10.4. The fourth-order valence-electron chi connectivity index (χ4n) is 1.94. The lowest BCUT2D eigenvalue weighted by molar-refractivity contribution is 0.407. The Kier molecular flexibility index (Phi) is 2.91. The van der Waals surface area contributed by atoms with Gasteiger partial charge in [-0.05, 0) is 13.3 Å². The first-order valence-electron chi connectivity index (χ1n) is 5.34. The summed E-state index contributed by atoms with van der Waals surface area (Å²) < 4.78 is 1.33. The number of fused-ring (bicyclic) bond motifs is 1. The fourth-order valence-corrected chi connectivity index (χ4v) is 3.09. The fraction of sp³-hybridized carbons (Fsp3) is 0.417. The van der Waals surface area contributed by atoms with Gasteiger partial charge in [0.25, 0.3) is 0 Å². The summed E-state index contributed by atoms with van der Waals surface area (Å²) in [5.41, 5.74) is 2.61. The molecule has 0 atom stereocenters. The second kappa shape index (κ2) is 4.19. The molecule has 1 aliphatic heterocycles. The Morgan fingerprint density at radius 3 is 3.00 bits per heavy atom. The molecule has 3 heteroatoms. The molecule has 2 nitrogen and oxygen atoms in total. The largest absolute Gasteiger partial charge is 0.355 e. The summed E-state index contributed by atoms with van der Waals surface area (Å²) >= 11 is 1.78. The molecule has 0 aliphatic carbocycles. The van der Waals surface area contributed by atoms with Crippen LogP contribution < -0.4 is 9.89 Å². The van der Waals surface area contributed by atoms with E-state index in [1.807, 2.05) is 6.08 Å². The van der Waals surface area contributed by atoms with E-state index in [9.17, 15) is 0 Å². The molecule has 0 saturated heterocycles. The van der Waals surface area contributed by atoms with E-state index in [2.05, 4.69) is 35.7 Å². The van der Waals surface area contributed by atoms with Crippen LogP contribution in [-0.2, 0) is 0 Å². The zero-order chi connectivity index (χ0) is 10.8.